The number of ether oxygens (including phenoxy) is 1. The summed E-state index contributed by atoms with van der Waals surface area (Å²) in [5.74, 6) is -0.552. The number of pyridine rings is 1. The van der Waals surface area contributed by atoms with Crippen molar-refractivity contribution in [3.63, 3.8) is 0 Å². The molecular weight excluding hydrogens is 547 g/mol. The van der Waals surface area contributed by atoms with Crippen molar-refractivity contribution in [2.24, 2.45) is 0 Å². The molecule has 0 bridgehead atoms. The molecule has 0 saturated heterocycles. The highest BCUT2D eigenvalue weighted by atomic mass is 32.1. The molecule has 40 heavy (non-hydrogen) atoms. The standard InChI is InChI=1S/C26H26F3N7O3S/c27-26(28,29)39-20-9-5-6-17(14-20)15-22(37)31-21-12-11-18(33-34-21)7-1-2-10-24-35-36-25(40-24)32-23(38)16-19-8-3-4-13-30-19/h3-6,8-9,11-14,33-34H,1-2,7,10,15-16H2,(H,31,37)(H,32,36,38). The van der Waals surface area contributed by atoms with Gasteiger partial charge in [0.05, 0.1) is 12.8 Å². The highest BCUT2D eigenvalue weighted by molar-refractivity contribution is 7.15. The number of nitrogens with zero attached hydrogens (tertiary/aromatic N) is 3. The molecule has 10 nitrogen and oxygen atoms in total. The summed E-state index contributed by atoms with van der Waals surface area (Å²) < 4.78 is 41.1. The number of allylic oxidation sites excluding steroid dienone is 3. The first-order valence-corrected chi connectivity index (χ1v) is 13.1. The van der Waals surface area contributed by atoms with Gasteiger partial charge in [-0.3, -0.25) is 20.0 Å². The van der Waals surface area contributed by atoms with Crippen molar-refractivity contribution in [3.8, 4) is 5.75 Å². The predicted octanol–water partition coefficient (Wildman–Crippen LogP) is 3.92. The van der Waals surface area contributed by atoms with Crippen LogP contribution in [0, 0.1) is 0 Å². The van der Waals surface area contributed by atoms with Crippen LogP contribution in [0.1, 0.15) is 35.5 Å². The molecular formula is C26H26F3N7O3S. The number of hydrogen-bond donors (Lipinski definition) is 4. The molecule has 0 radical (unpaired) electrons. The summed E-state index contributed by atoms with van der Waals surface area (Å²) in [6.07, 6.45) is 3.64. The number of halogens is 3. The number of aryl methyl sites for hydroxylation is 1. The fourth-order valence-corrected chi connectivity index (χ4v) is 4.49. The van der Waals surface area contributed by atoms with Crippen molar-refractivity contribution in [2.45, 2.75) is 44.9 Å². The van der Waals surface area contributed by atoms with Crippen molar-refractivity contribution in [1.82, 2.24) is 31.3 Å². The van der Waals surface area contributed by atoms with E-state index in [0.29, 0.717) is 22.2 Å². The third-order valence-electron chi connectivity index (χ3n) is 5.45. The van der Waals surface area contributed by atoms with E-state index in [9.17, 15) is 22.8 Å². The second-order valence-electron chi connectivity index (χ2n) is 8.70. The van der Waals surface area contributed by atoms with Gasteiger partial charge < -0.3 is 20.8 Å². The number of carbonyl (C=O) groups is 2. The van der Waals surface area contributed by atoms with E-state index in [1.165, 1.54) is 29.5 Å². The number of nitrogens with one attached hydrogen (secondary N) is 4. The van der Waals surface area contributed by atoms with E-state index < -0.39 is 12.3 Å². The van der Waals surface area contributed by atoms with E-state index in [4.69, 9.17) is 0 Å². The number of alkyl halides is 3. The Hall–Kier alpha value is -4.46. The Bertz CT molecular complexity index is 1380. The number of unbranched alkanes of at least 4 members (excludes halogenated alkanes) is 1. The molecule has 1 aliphatic rings. The summed E-state index contributed by atoms with van der Waals surface area (Å²) in [7, 11) is 0. The molecule has 2 aromatic heterocycles. The van der Waals surface area contributed by atoms with E-state index in [-0.39, 0.29) is 24.5 Å². The van der Waals surface area contributed by atoms with Crippen LogP contribution in [0.2, 0.25) is 0 Å². The van der Waals surface area contributed by atoms with Crippen LogP contribution in [0.15, 0.2) is 72.3 Å². The van der Waals surface area contributed by atoms with Gasteiger partial charge in [-0.15, -0.1) is 23.4 Å². The number of carbonyl (C=O) groups excluding carboxylic acids is 2. The molecule has 0 atom stereocenters. The Morgan fingerprint density at radius 1 is 0.925 bits per heavy atom. The lowest BCUT2D eigenvalue weighted by Crippen LogP contribution is -2.41. The summed E-state index contributed by atoms with van der Waals surface area (Å²) >= 11 is 1.34. The SMILES string of the molecule is O=C(Cc1cccc(OC(F)(F)F)c1)NC1=CC=C(CCCCc2nnc(NC(=O)Cc3ccccn3)s2)NN1. The molecule has 3 aromatic rings. The van der Waals surface area contributed by atoms with Crippen LogP contribution >= 0.6 is 11.3 Å². The zero-order valence-corrected chi connectivity index (χ0v) is 21.9. The molecule has 1 aliphatic heterocycles. The largest absolute Gasteiger partial charge is 0.573 e. The van der Waals surface area contributed by atoms with Crippen LogP contribution < -0.4 is 26.2 Å². The molecule has 0 spiro atoms. The van der Waals surface area contributed by atoms with Gasteiger partial charge in [-0.25, -0.2) is 0 Å². The maximum absolute atomic E-state index is 12.4. The number of amides is 2. The van der Waals surface area contributed by atoms with Gasteiger partial charge in [-0.05, 0) is 61.2 Å². The number of rotatable bonds is 12. The van der Waals surface area contributed by atoms with Crippen molar-refractivity contribution in [2.75, 3.05) is 5.32 Å². The van der Waals surface area contributed by atoms with Crippen LogP contribution in [0.4, 0.5) is 18.3 Å². The maximum atomic E-state index is 12.4. The Morgan fingerprint density at radius 3 is 2.50 bits per heavy atom. The summed E-state index contributed by atoms with van der Waals surface area (Å²) in [4.78, 5) is 28.6. The molecule has 0 aliphatic carbocycles. The van der Waals surface area contributed by atoms with Gasteiger partial charge in [-0.2, -0.15) is 0 Å². The average Bonchev–Trinajstić information content (AvgIpc) is 3.34. The number of aromatic nitrogens is 3. The van der Waals surface area contributed by atoms with Crippen LogP contribution in [-0.4, -0.2) is 33.4 Å². The van der Waals surface area contributed by atoms with Gasteiger partial charge in [-0.1, -0.05) is 29.5 Å². The lowest BCUT2D eigenvalue weighted by molar-refractivity contribution is -0.274. The second-order valence-corrected chi connectivity index (χ2v) is 9.76. The molecule has 1 aromatic carbocycles. The zero-order valence-electron chi connectivity index (χ0n) is 21.1. The molecule has 4 rings (SSSR count). The molecule has 210 valence electrons. The predicted molar refractivity (Wildman–Crippen MR) is 141 cm³/mol. The minimum Gasteiger partial charge on any atom is -0.406 e. The highest BCUT2D eigenvalue weighted by Gasteiger charge is 2.31. The van der Waals surface area contributed by atoms with Gasteiger partial charge in [0, 0.05) is 24.0 Å². The number of anilines is 1. The Kier molecular flexibility index (Phi) is 9.67. The van der Waals surface area contributed by atoms with Gasteiger partial charge >= 0.3 is 6.36 Å². The van der Waals surface area contributed by atoms with E-state index in [1.807, 2.05) is 12.1 Å². The first-order valence-electron chi connectivity index (χ1n) is 12.3. The quantitative estimate of drug-likeness (QED) is 0.240. The third kappa shape index (κ3) is 9.69. The molecule has 3 heterocycles. The summed E-state index contributed by atoms with van der Waals surface area (Å²) in [5, 5.41) is 14.9. The topological polar surface area (TPSA) is 130 Å². The molecule has 2 amide bonds. The maximum Gasteiger partial charge on any atom is 0.573 e. The molecule has 0 unspecified atom stereocenters. The van der Waals surface area contributed by atoms with Crippen LogP contribution in [0.5, 0.6) is 5.75 Å². The van der Waals surface area contributed by atoms with Gasteiger partial charge in [0.1, 0.15) is 16.6 Å². The second kappa shape index (κ2) is 13.6. The first-order chi connectivity index (χ1) is 19.2. The van der Waals surface area contributed by atoms with Crippen LogP contribution in [0.3, 0.4) is 0 Å². The van der Waals surface area contributed by atoms with Crippen LogP contribution in [0.25, 0.3) is 0 Å². The van der Waals surface area contributed by atoms with Gasteiger partial charge in [0.15, 0.2) is 0 Å². The smallest absolute Gasteiger partial charge is 0.406 e. The third-order valence-corrected chi connectivity index (χ3v) is 6.35. The molecule has 0 saturated carbocycles. The molecule has 4 N–H and O–H groups in total. The van der Waals surface area contributed by atoms with Crippen molar-refractivity contribution >= 4 is 28.3 Å². The fourth-order valence-electron chi connectivity index (χ4n) is 3.69. The summed E-state index contributed by atoms with van der Waals surface area (Å²) in [6.45, 7) is 0. The highest BCUT2D eigenvalue weighted by Crippen LogP contribution is 2.23. The number of benzene rings is 1. The van der Waals surface area contributed by atoms with Crippen molar-refractivity contribution in [1.29, 1.82) is 0 Å². The Morgan fingerprint density at radius 2 is 1.75 bits per heavy atom. The van der Waals surface area contributed by atoms with Crippen molar-refractivity contribution in [3.05, 3.63) is 88.6 Å². The molecule has 14 heteroatoms. The van der Waals surface area contributed by atoms with Crippen molar-refractivity contribution < 1.29 is 27.5 Å². The minimum atomic E-state index is -4.80. The zero-order chi connectivity index (χ0) is 28.4. The monoisotopic (exact) mass is 573 g/mol. The number of hydrazine groups is 1. The fraction of sp³-hybridized carbons (Fsp3) is 0.269. The average molecular weight is 574 g/mol. The summed E-state index contributed by atoms with van der Waals surface area (Å²) in [6, 6.07) is 10.7. The lowest BCUT2D eigenvalue weighted by Gasteiger charge is -2.20. The lowest BCUT2D eigenvalue weighted by atomic mass is 10.1. The number of hydrogen-bond acceptors (Lipinski definition) is 9. The van der Waals surface area contributed by atoms with Crippen LogP contribution in [-0.2, 0) is 28.9 Å². The Labute approximate surface area is 231 Å². The normalized spacial score (nSPS) is 12.9. The van der Waals surface area contributed by atoms with Gasteiger partial charge in [0.2, 0.25) is 16.9 Å². The van der Waals surface area contributed by atoms with E-state index in [1.54, 1.807) is 30.5 Å². The first kappa shape index (κ1) is 28.5. The van der Waals surface area contributed by atoms with E-state index in [0.717, 1.165) is 36.4 Å². The minimum absolute atomic E-state index is 0.119. The van der Waals surface area contributed by atoms with Gasteiger partial charge in [0.25, 0.3) is 0 Å². The Balaban J connectivity index is 1.15. The van der Waals surface area contributed by atoms with E-state index >= 15 is 0 Å². The van der Waals surface area contributed by atoms with E-state index in [2.05, 4.69) is 41.4 Å². The molecule has 0 fully saturated rings. The summed E-state index contributed by atoms with van der Waals surface area (Å²) in [5.41, 5.74) is 7.91.